The molecular weight excluding hydrogens is 552 g/mol. The van der Waals surface area contributed by atoms with Crippen LogP contribution in [0.25, 0.3) is 16.0 Å². The molecule has 6 rings (SSSR count). The van der Waals surface area contributed by atoms with Gasteiger partial charge in [-0.2, -0.15) is 0 Å². The molecule has 9 heteroatoms. The lowest BCUT2D eigenvalue weighted by atomic mass is 9.94. The number of hydrogen-bond donors (Lipinski definition) is 1. The van der Waals surface area contributed by atoms with E-state index in [4.69, 9.17) is 19.2 Å². The van der Waals surface area contributed by atoms with E-state index in [1.807, 2.05) is 62.4 Å². The van der Waals surface area contributed by atoms with Crippen LogP contribution in [0.1, 0.15) is 56.3 Å². The molecule has 1 N–H and O–H groups in total. The minimum Gasteiger partial charge on any atom is -0.507 e. The second kappa shape index (κ2) is 11.5. The topological polar surface area (TPSA) is 98.2 Å². The van der Waals surface area contributed by atoms with E-state index in [1.54, 1.807) is 12.1 Å². The summed E-state index contributed by atoms with van der Waals surface area (Å²) in [4.78, 5) is 33.5. The van der Waals surface area contributed by atoms with E-state index < -0.39 is 17.7 Å². The first-order chi connectivity index (χ1) is 20.4. The van der Waals surface area contributed by atoms with Crippen molar-refractivity contribution < 1.29 is 28.9 Å². The van der Waals surface area contributed by atoms with Crippen molar-refractivity contribution >= 4 is 44.1 Å². The van der Waals surface area contributed by atoms with Crippen LogP contribution in [0.5, 0.6) is 17.2 Å². The number of rotatable bonds is 9. The first-order valence-corrected chi connectivity index (χ1v) is 15.1. The minimum atomic E-state index is -0.884. The molecule has 42 heavy (non-hydrogen) atoms. The second-order valence-corrected chi connectivity index (χ2v) is 11.5. The number of ether oxygens (including phenoxy) is 3. The highest BCUT2D eigenvalue weighted by Gasteiger charge is 2.48. The van der Waals surface area contributed by atoms with Crippen molar-refractivity contribution in [2.75, 3.05) is 18.1 Å². The Morgan fingerprint density at radius 2 is 1.83 bits per heavy atom. The van der Waals surface area contributed by atoms with Gasteiger partial charge in [0.15, 0.2) is 5.13 Å². The quantitative estimate of drug-likeness (QED) is 0.0997. The van der Waals surface area contributed by atoms with Crippen LogP contribution in [0.15, 0.2) is 66.2 Å². The number of carbonyl (C=O) groups is 2. The summed E-state index contributed by atoms with van der Waals surface area (Å²) in [6.45, 7) is 7.12. The largest absolute Gasteiger partial charge is 0.507 e. The number of Topliss-reactive ketones (excluding diaryl/α,β-unsaturated/α-hetero) is 1. The summed E-state index contributed by atoms with van der Waals surface area (Å²) in [6, 6.07) is 17.3. The molecule has 0 radical (unpaired) electrons. The van der Waals surface area contributed by atoms with Crippen LogP contribution in [-0.4, -0.2) is 41.1 Å². The molecular formula is C33H32N2O6S. The third-order valence-electron chi connectivity index (χ3n) is 7.44. The summed E-state index contributed by atoms with van der Waals surface area (Å²) in [5, 5.41) is 12.0. The Morgan fingerprint density at radius 3 is 2.60 bits per heavy atom. The number of anilines is 1. The second-order valence-electron chi connectivity index (χ2n) is 10.5. The van der Waals surface area contributed by atoms with E-state index in [0.29, 0.717) is 52.9 Å². The number of fused-ring (bicyclic) bond motifs is 2. The number of carbonyl (C=O) groups excluding carboxylic acids is 2. The summed E-state index contributed by atoms with van der Waals surface area (Å²) in [5.74, 6) is 0.418. The maximum Gasteiger partial charge on any atom is 0.301 e. The van der Waals surface area contributed by atoms with E-state index >= 15 is 0 Å². The fourth-order valence-corrected chi connectivity index (χ4v) is 6.42. The van der Waals surface area contributed by atoms with Crippen molar-refractivity contribution in [3.8, 4) is 17.2 Å². The number of nitrogens with zero attached hydrogens (tertiary/aromatic N) is 2. The molecule has 1 aromatic heterocycles. The van der Waals surface area contributed by atoms with Gasteiger partial charge in [-0.1, -0.05) is 36.8 Å². The maximum atomic E-state index is 13.7. The highest BCUT2D eigenvalue weighted by molar-refractivity contribution is 7.22. The molecule has 4 aromatic rings. The van der Waals surface area contributed by atoms with Crippen molar-refractivity contribution in [2.45, 2.75) is 52.2 Å². The van der Waals surface area contributed by atoms with Crippen molar-refractivity contribution in [1.82, 2.24) is 4.98 Å². The molecule has 8 nitrogen and oxygen atoms in total. The van der Waals surface area contributed by atoms with Crippen molar-refractivity contribution in [3.05, 3.63) is 82.9 Å². The normalized spacial score (nSPS) is 19.3. The van der Waals surface area contributed by atoms with Gasteiger partial charge in [-0.15, -0.1) is 0 Å². The van der Waals surface area contributed by atoms with E-state index in [9.17, 15) is 14.7 Å². The van der Waals surface area contributed by atoms with Gasteiger partial charge >= 0.3 is 5.91 Å². The third kappa shape index (κ3) is 5.09. The van der Waals surface area contributed by atoms with Crippen LogP contribution in [0, 0.1) is 0 Å². The molecule has 2 aliphatic rings. The van der Waals surface area contributed by atoms with Crippen LogP contribution in [0.3, 0.4) is 0 Å². The third-order valence-corrected chi connectivity index (χ3v) is 8.46. The van der Waals surface area contributed by atoms with Gasteiger partial charge in [0, 0.05) is 12.0 Å². The average Bonchev–Trinajstić information content (AvgIpc) is 3.65. The van der Waals surface area contributed by atoms with Crippen molar-refractivity contribution in [1.29, 1.82) is 0 Å². The number of aromatic nitrogens is 1. The predicted molar refractivity (Wildman–Crippen MR) is 163 cm³/mol. The molecule has 0 spiro atoms. The molecule has 1 saturated heterocycles. The van der Waals surface area contributed by atoms with Gasteiger partial charge in [-0.05, 0) is 79.9 Å². The van der Waals surface area contributed by atoms with Gasteiger partial charge in [0.1, 0.15) is 29.1 Å². The van der Waals surface area contributed by atoms with Crippen LogP contribution in [0.2, 0.25) is 0 Å². The standard InChI is InChI=1S/C33H32N2O6S/c1-4-6-15-40-23-10-7-20(8-11-23)29-28(30(36)21-9-14-26-22(17-21)16-19(3)41-26)31(37)32(38)35(29)33-34-25-13-12-24(39-5-2)18-27(25)42-33/h7-14,17-19,29,36H,4-6,15-16H2,1-3H3/t19-,29-/m0/s1. The number of unbranched alkanes of at least 4 members (excludes halogenated alkanes) is 1. The van der Waals surface area contributed by atoms with E-state index in [0.717, 1.165) is 28.9 Å². The zero-order valence-electron chi connectivity index (χ0n) is 23.8. The van der Waals surface area contributed by atoms with Gasteiger partial charge in [-0.3, -0.25) is 14.5 Å². The Hall–Kier alpha value is -4.37. The number of aliphatic hydroxyl groups is 1. The van der Waals surface area contributed by atoms with Crippen molar-refractivity contribution in [3.63, 3.8) is 0 Å². The highest BCUT2D eigenvalue weighted by atomic mass is 32.1. The number of thiazole rings is 1. The molecule has 0 unspecified atom stereocenters. The lowest BCUT2D eigenvalue weighted by Crippen LogP contribution is -2.29. The Kier molecular flexibility index (Phi) is 7.60. The molecule has 1 amide bonds. The van der Waals surface area contributed by atoms with Gasteiger partial charge in [0.05, 0.1) is 35.0 Å². The highest BCUT2D eigenvalue weighted by Crippen LogP contribution is 2.45. The van der Waals surface area contributed by atoms with Crippen LogP contribution >= 0.6 is 11.3 Å². The first-order valence-electron chi connectivity index (χ1n) is 14.2. The number of ketones is 1. The van der Waals surface area contributed by atoms with Crippen molar-refractivity contribution in [2.24, 2.45) is 0 Å². The summed E-state index contributed by atoms with van der Waals surface area (Å²) in [7, 11) is 0. The number of aliphatic hydroxyl groups excluding tert-OH is 1. The molecule has 0 saturated carbocycles. The fraction of sp³-hybridized carbons (Fsp3) is 0.303. The Labute approximate surface area is 248 Å². The molecule has 2 atom stereocenters. The molecule has 216 valence electrons. The van der Waals surface area contributed by atoms with Gasteiger partial charge in [0.2, 0.25) is 0 Å². The molecule has 3 aromatic carbocycles. The van der Waals surface area contributed by atoms with E-state index in [-0.39, 0.29) is 17.4 Å². The van der Waals surface area contributed by atoms with Gasteiger partial charge in [-0.25, -0.2) is 4.98 Å². The zero-order valence-corrected chi connectivity index (χ0v) is 24.6. The summed E-state index contributed by atoms with van der Waals surface area (Å²) < 4.78 is 18.1. The SMILES string of the molecule is CCCCOc1ccc([C@H]2C(=C(O)c3ccc4c(c3)C[C@H](C)O4)C(=O)C(=O)N2c2nc3ccc(OCC)cc3s2)cc1. The maximum absolute atomic E-state index is 13.7. The van der Waals surface area contributed by atoms with Crippen LogP contribution in [-0.2, 0) is 16.0 Å². The Balaban J connectivity index is 1.46. The summed E-state index contributed by atoms with van der Waals surface area (Å²) in [6.07, 6.45) is 2.69. The zero-order chi connectivity index (χ0) is 29.4. The van der Waals surface area contributed by atoms with E-state index in [1.165, 1.54) is 16.2 Å². The number of amides is 1. The van der Waals surface area contributed by atoms with Gasteiger partial charge in [0.25, 0.3) is 5.78 Å². The molecule has 0 bridgehead atoms. The Bertz CT molecular complexity index is 1690. The smallest absolute Gasteiger partial charge is 0.301 e. The minimum absolute atomic E-state index is 0.0147. The van der Waals surface area contributed by atoms with Crippen LogP contribution in [0.4, 0.5) is 5.13 Å². The summed E-state index contributed by atoms with van der Waals surface area (Å²) in [5.41, 5.74) is 2.76. The average molecular weight is 585 g/mol. The predicted octanol–water partition coefficient (Wildman–Crippen LogP) is 6.82. The molecule has 2 aliphatic heterocycles. The molecule has 0 aliphatic carbocycles. The lowest BCUT2D eigenvalue weighted by Gasteiger charge is -2.23. The first kappa shape index (κ1) is 27.8. The lowest BCUT2D eigenvalue weighted by molar-refractivity contribution is -0.132. The monoisotopic (exact) mass is 584 g/mol. The molecule has 3 heterocycles. The number of hydrogen-bond acceptors (Lipinski definition) is 8. The van der Waals surface area contributed by atoms with E-state index in [2.05, 4.69) is 6.92 Å². The summed E-state index contributed by atoms with van der Waals surface area (Å²) >= 11 is 1.30. The number of benzene rings is 3. The van der Waals surface area contributed by atoms with Crippen LogP contribution < -0.4 is 19.1 Å². The Morgan fingerprint density at radius 1 is 1.05 bits per heavy atom. The van der Waals surface area contributed by atoms with Gasteiger partial charge < -0.3 is 19.3 Å². The fourth-order valence-electron chi connectivity index (χ4n) is 5.40. The molecule has 1 fully saturated rings.